The Labute approximate surface area is 111 Å². The molecule has 0 saturated carbocycles. The summed E-state index contributed by atoms with van der Waals surface area (Å²) in [4.78, 5) is 0. The molecule has 0 amide bonds. The zero-order valence-electron chi connectivity index (χ0n) is 3.44. The Morgan fingerprint density at radius 2 is 0.600 bits per heavy atom. The van der Waals surface area contributed by atoms with Gasteiger partial charge in [-0.25, -0.2) is 0 Å². The van der Waals surface area contributed by atoms with Gasteiger partial charge in [0.15, 0.2) is 0 Å². The van der Waals surface area contributed by atoms with Crippen molar-refractivity contribution < 1.29 is 58.2 Å². The molecule has 0 aliphatic carbocycles. The van der Waals surface area contributed by atoms with Crippen LogP contribution >= 0.6 is 0 Å². The second kappa shape index (κ2) is 28.3. The predicted octanol–water partition coefficient (Wildman–Crippen LogP) is -1.23. The van der Waals surface area contributed by atoms with E-state index in [9.17, 15) is 0 Å². The molecule has 0 heterocycles. The van der Waals surface area contributed by atoms with Crippen molar-refractivity contribution in [3.63, 3.8) is 0 Å². The summed E-state index contributed by atoms with van der Waals surface area (Å²) < 4.78 is 0. The first-order valence-corrected chi connectivity index (χ1v) is 0. The molecule has 3 nitrogen and oxygen atoms in total. The van der Waals surface area contributed by atoms with Crippen LogP contribution in [0.15, 0.2) is 0 Å². The van der Waals surface area contributed by atoms with Crippen molar-refractivity contribution >= 4 is 37.7 Å². The minimum absolute atomic E-state index is 0. The van der Waals surface area contributed by atoms with E-state index in [1.165, 1.54) is 0 Å². The Bertz CT molecular complexity index is 6.85. The van der Waals surface area contributed by atoms with Crippen LogP contribution in [0.25, 0.3) is 18.5 Å². The minimum Gasteiger partial charge on any atom is -0.693 e. The average molecular weight is 174 g/mol. The summed E-state index contributed by atoms with van der Waals surface area (Å²) in [5.41, 5.74) is 0. The molecular formula is H6CaN3Rb. The Morgan fingerprint density at radius 1 is 0.600 bits per heavy atom. The third kappa shape index (κ3) is 19.6. The summed E-state index contributed by atoms with van der Waals surface area (Å²) in [6.45, 7) is 0. The zero-order valence-corrected chi connectivity index (χ0v) is 10.6. The van der Waals surface area contributed by atoms with Crippen molar-refractivity contribution in [1.82, 2.24) is 0 Å². The van der Waals surface area contributed by atoms with Crippen LogP contribution in [0.3, 0.4) is 0 Å². The summed E-state index contributed by atoms with van der Waals surface area (Å²) in [7, 11) is 0. The van der Waals surface area contributed by atoms with Crippen LogP contribution < -0.4 is 58.2 Å². The summed E-state index contributed by atoms with van der Waals surface area (Å²) in [5, 5.41) is 0. The van der Waals surface area contributed by atoms with Crippen LogP contribution in [0.4, 0.5) is 0 Å². The molecule has 0 bridgehead atoms. The van der Waals surface area contributed by atoms with Gasteiger partial charge in [-0.05, 0) is 0 Å². The topological polar surface area (TPSA) is 100 Å². The van der Waals surface area contributed by atoms with Gasteiger partial charge in [-0.3, -0.25) is 0 Å². The van der Waals surface area contributed by atoms with E-state index in [1.54, 1.807) is 0 Å². The Balaban J connectivity index is 0. The van der Waals surface area contributed by atoms with Crippen LogP contribution in [0.5, 0.6) is 0 Å². The maximum absolute atomic E-state index is 0. The van der Waals surface area contributed by atoms with Crippen LogP contribution in [0, 0.1) is 0 Å². The molecular weight excluding hydrogens is 168 g/mol. The van der Waals surface area contributed by atoms with Crippen LogP contribution in [-0.2, 0) is 0 Å². The monoisotopic (exact) mass is 173 g/mol. The maximum atomic E-state index is 0. The molecule has 24 valence electrons. The Morgan fingerprint density at radius 3 is 0.600 bits per heavy atom. The normalized spacial score (nSPS) is 0. The van der Waals surface area contributed by atoms with Crippen molar-refractivity contribution in [3.05, 3.63) is 18.5 Å². The van der Waals surface area contributed by atoms with Gasteiger partial charge in [-0.2, -0.15) is 0 Å². The third-order valence-corrected chi connectivity index (χ3v) is 0. The fraction of sp³-hybridized carbons (Fsp3) is 0. The molecule has 0 aromatic rings. The first-order chi connectivity index (χ1) is 0. The molecule has 5 heavy (non-hydrogen) atoms. The quantitative estimate of drug-likeness (QED) is 0.410. The van der Waals surface area contributed by atoms with Crippen LogP contribution in [-0.4, -0.2) is 37.7 Å². The predicted molar refractivity (Wildman–Crippen MR) is 21.6 cm³/mol. The van der Waals surface area contributed by atoms with Gasteiger partial charge >= 0.3 is 95.9 Å². The minimum atomic E-state index is 0. The van der Waals surface area contributed by atoms with E-state index < -0.39 is 0 Å². The maximum Gasteiger partial charge on any atom is 2.00 e. The van der Waals surface area contributed by atoms with E-state index in [0.29, 0.717) is 0 Å². The number of nitrogens with two attached hydrogens (primary N) is 3. The first kappa shape index (κ1) is 44.2. The molecule has 0 rings (SSSR count). The van der Waals surface area contributed by atoms with Gasteiger partial charge in [0, 0.05) is 0 Å². The van der Waals surface area contributed by atoms with Gasteiger partial charge in [-0.15, -0.1) is 0 Å². The second-order valence-electron chi connectivity index (χ2n) is 0. The molecule has 0 fully saturated rings. The zero-order chi connectivity index (χ0) is 0. The summed E-state index contributed by atoms with van der Waals surface area (Å²) in [6, 6.07) is 0. The summed E-state index contributed by atoms with van der Waals surface area (Å²) in [5.74, 6) is 0. The van der Waals surface area contributed by atoms with Gasteiger partial charge in [0.2, 0.25) is 0 Å². The van der Waals surface area contributed by atoms with E-state index in [2.05, 4.69) is 0 Å². The smallest absolute Gasteiger partial charge is 0.693 e. The largest absolute Gasteiger partial charge is 2.00 e. The van der Waals surface area contributed by atoms with Gasteiger partial charge in [0.05, 0.1) is 0 Å². The SMILES string of the molecule is [Ca+2].[NH2-].[NH2-].[NH2-].[Rb+]. The van der Waals surface area contributed by atoms with Crippen molar-refractivity contribution in [1.29, 1.82) is 0 Å². The first-order valence-electron chi connectivity index (χ1n) is 0. The van der Waals surface area contributed by atoms with Gasteiger partial charge in [-0.1, -0.05) is 0 Å². The number of hydrogen-bond acceptors (Lipinski definition) is 0. The fourth-order valence-electron chi connectivity index (χ4n) is 0. The summed E-state index contributed by atoms with van der Waals surface area (Å²) >= 11 is 0. The molecule has 0 aliphatic rings. The van der Waals surface area contributed by atoms with Crippen molar-refractivity contribution in [2.24, 2.45) is 0 Å². The van der Waals surface area contributed by atoms with Crippen molar-refractivity contribution in [2.75, 3.05) is 0 Å². The number of hydrogen-bond donors (Lipinski definition) is 0. The van der Waals surface area contributed by atoms with E-state index in [4.69, 9.17) is 0 Å². The summed E-state index contributed by atoms with van der Waals surface area (Å²) in [6.07, 6.45) is 0. The number of rotatable bonds is 0. The fourth-order valence-corrected chi connectivity index (χ4v) is 0. The molecule has 0 aliphatic heterocycles. The molecule has 0 radical (unpaired) electrons. The standard InChI is InChI=1S/Ca.3H2N.Rb/h;3*1H2;/q+2;3*-1;+1. The molecule has 0 aromatic carbocycles. The second-order valence-corrected chi connectivity index (χ2v) is 0. The van der Waals surface area contributed by atoms with Gasteiger partial charge in [0.1, 0.15) is 0 Å². The van der Waals surface area contributed by atoms with Crippen LogP contribution in [0.1, 0.15) is 0 Å². The molecule has 5 heteroatoms. The van der Waals surface area contributed by atoms with E-state index in [1.807, 2.05) is 0 Å². The van der Waals surface area contributed by atoms with E-state index in [0.717, 1.165) is 0 Å². The van der Waals surface area contributed by atoms with E-state index in [-0.39, 0.29) is 114 Å². The van der Waals surface area contributed by atoms with E-state index >= 15 is 0 Å². The molecule has 0 atom stereocenters. The molecule has 6 N–H and O–H groups in total. The van der Waals surface area contributed by atoms with Gasteiger partial charge in [0.25, 0.3) is 0 Å². The van der Waals surface area contributed by atoms with Gasteiger partial charge < -0.3 is 18.5 Å². The molecule has 0 aromatic heterocycles. The molecule has 0 saturated heterocycles. The average Bonchev–Trinajstić information content (AvgIpc) is 0. The Kier molecular flexibility index (Phi) is 250. The van der Waals surface area contributed by atoms with Crippen molar-refractivity contribution in [3.8, 4) is 0 Å². The van der Waals surface area contributed by atoms with Crippen LogP contribution in [0.2, 0.25) is 0 Å². The van der Waals surface area contributed by atoms with Crippen molar-refractivity contribution in [2.45, 2.75) is 0 Å². The molecule has 0 spiro atoms. The Hall–Kier alpha value is 2.94. The third-order valence-electron chi connectivity index (χ3n) is 0. The molecule has 0 unspecified atom stereocenters.